The first kappa shape index (κ1) is 24.9. The average Bonchev–Trinajstić information content (AvgIpc) is 3.51. The molecule has 8 heteroatoms. The lowest BCUT2D eigenvalue weighted by Crippen LogP contribution is -2.39. The number of aliphatic hydroxyl groups is 1. The molecule has 0 aliphatic carbocycles. The molecule has 8 nitrogen and oxygen atoms in total. The number of rotatable bonds is 7. The maximum absolute atomic E-state index is 13.4. The largest absolute Gasteiger partial charge is 0.490 e. The molecule has 1 amide bonds. The molecular formula is C30H29N5O3. The lowest BCUT2D eigenvalue weighted by molar-refractivity contribution is 0.0910. The van der Waals surface area contributed by atoms with Crippen molar-refractivity contribution >= 4 is 33.5 Å². The second kappa shape index (κ2) is 10.7. The number of ether oxygens (including phenoxy) is 1. The normalized spacial score (nSPS) is 11.9. The third-order valence-corrected chi connectivity index (χ3v) is 6.24. The van der Waals surface area contributed by atoms with Gasteiger partial charge >= 0.3 is 0 Å². The Morgan fingerprint density at radius 1 is 1.11 bits per heavy atom. The molecule has 0 spiro atoms. The Morgan fingerprint density at radius 3 is 2.74 bits per heavy atom. The number of hydrogen-bond acceptors (Lipinski definition) is 5. The summed E-state index contributed by atoms with van der Waals surface area (Å²) in [6, 6.07) is 18.4. The fraction of sp³-hybridized carbons (Fsp3) is 0.200. The average molecular weight is 508 g/mol. The zero-order valence-electron chi connectivity index (χ0n) is 21.2. The molecule has 0 unspecified atom stereocenters. The van der Waals surface area contributed by atoms with Gasteiger partial charge in [0.2, 0.25) is 0 Å². The van der Waals surface area contributed by atoms with Crippen LogP contribution in [0.2, 0.25) is 0 Å². The highest BCUT2D eigenvalue weighted by molar-refractivity contribution is 5.98. The standard InChI is InChI=1S/C30H29N5O3/c1-18(2)38-27-13-11-19(10-12-20-6-5-9-26-28(20)29(31)35-34-26)14-24(27)30(37)33-22(17-36)15-21-16-32-25-8-4-3-7-23(21)25/h3-9,11,13-14,16,18,22,32,36H,15,17H2,1-2H3,(H,33,37)(H3,31,34,35)/t22-/m1/s1. The molecule has 0 saturated carbocycles. The van der Waals surface area contributed by atoms with Crippen LogP contribution in [-0.4, -0.2) is 44.9 Å². The number of nitrogens with two attached hydrogens (primary N) is 1. The molecule has 5 aromatic rings. The van der Waals surface area contributed by atoms with E-state index < -0.39 is 6.04 Å². The van der Waals surface area contributed by atoms with E-state index in [2.05, 4.69) is 32.3 Å². The van der Waals surface area contributed by atoms with Crippen molar-refractivity contribution in [2.75, 3.05) is 12.3 Å². The molecule has 6 N–H and O–H groups in total. The lowest BCUT2D eigenvalue weighted by Gasteiger charge is -2.19. The highest BCUT2D eigenvalue weighted by atomic mass is 16.5. The maximum Gasteiger partial charge on any atom is 0.255 e. The minimum absolute atomic E-state index is 0.125. The van der Waals surface area contributed by atoms with E-state index in [9.17, 15) is 9.90 Å². The summed E-state index contributed by atoms with van der Waals surface area (Å²) < 4.78 is 5.92. The Kier molecular flexibility index (Phi) is 7.03. The minimum Gasteiger partial charge on any atom is -0.490 e. The van der Waals surface area contributed by atoms with Crippen molar-refractivity contribution in [2.45, 2.75) is 32.4 Å². The van der Waals surface area contributed by atoms with Gasteiger partial charge in [-0.2, -0.15) is 5.10 Å². The van der Waals surface area contributed by atoms with Crippen LogP contribution in [0.3, 0.4) is 0 Å². The predicted molar refractivity (Wildman–Crippen MR) is 149 cm³/mol. The highest BCUT2D eigenvalue weighted by Gasteiger charge is 2.20. The van der Waals surface area contributed by atoms with Gasteiger partial charge in [0.25, 0.3) is 5.91 Å². The first-order valence-electron chi connectivity index (χ1n) is 12.4. The molecule has 5 rings (SSSR count). The molecule has 2 heterocycles. The van der Waals surface area contributed by atoms with Crippen molar-refractivity contribution in [3.63, 3.8) is 0 Å². The smallest absolute Gasteiger partial charge is 0.255 e. The van der Waals surface area contributed by atoms with Gasteiger partial charge in [-0.05, 0) is 62.2 Å². The summed E-state index contributed by atoms with van der Waals surface area (Å²) in [4.78, 5) is 16.7. The van der Waals surface area contributed by atoms with Gasteiger partial charge in [-0.1, -0.05) is 36.1 Å². The van der Waals surface area contributed by atoms with Crippen LogP contribution < -0.4 is 15.8 Å². The van der Waals surface area contributed by atoms with Gasteiger partial charge in [0.15, 0.2) is 5.82 Å². The van der Waals surface area contributed by atoms with Gasteiger partial charge in [0, 0.05) is 28.2 Å². The van der Waals surface area contributed by atoms with Crippen molar-refractivity contribution in [2.24, 2.45) is 0 Å². The molecule has 0 aliphatic heterocycles. The number of aromatic nitrogens is 3. The van der Waals surface area contributed by atoms with Crippen LogP contribution in [0.25, 0.3) is 21.8 Å². The van der Waals surface area contributed by atoms with Crippen LogP contribution in [0.1, 0.15) is 40.9 Å². The summed E-state index contributed by atoms with van der Waals surface area (Å²) in [6.45, 7) is 3.60. The number of anilines is 1. The molecule has 2 aromatic heterocycles. The number of H-pyrrole nitrogens is 2. The van der Waals surface area contributed by atoms with Crippen molar-refractivity contribution in [3.8, 4) is 17.6 Å². The number of fused-ring (bicyclic) bond motifs is 2. The third kappa shape index (κ3) is 5.19. The van der Waals surface area contributed by atoms with Gasteiger partial charge < -0.3 is 25.9 Å². The predicted octanol–water partition coefficient (Wildman–Crippen LogP) is 4.15. The molecule has 0 bridgehead atoms. The Labute approximate surface area is 220 Å². The number of nitrogens with one attached hydrogen (secondary N) is 3. The summed E-state index contributed by atoms with van der Waals surface area (Å²) in [6.07, 6.45) is 2.26. The second-order valence-corrected chi connectivity index (χ2v) is 9.38. The lowest BCUT2D eigenvalue weighted by atomic mass is 10.0. The number of nitrogen functional groups attached to an aromatic ring is 1. The Bertz CT molecular complexity index is 1670. The fourth-order valence-corrected chi connectivity index (χ4v) is 4.47. The molecule has 192 valence electrons. The van der Waals surface area contributed by atoms with Crippen LogP contribution in [0.4, 0.5) is 5.82 Å². The maximum atomic E-state index is 13.4. The summed E-state index contributed by atoms with van der Waals surface area (Å²) in [5.74, 6) is 6.78. The number of nitrogens with zero attached hydrogens (tertiary/aromatic N) is 1. The first-order chi connectivity index (χ1) is 18.4. The number of aromatic amines is 2. The molecule has 0 radical (unpaired) electrons. The quantitative estimate of drug-likeness (QED) is 0.211. The molecule has 1 atom stereocenters. The fourth-order valence-electron chi connectivity index (χ4n) is 4.47. The number of benzene rings is 3. The number of para-hydroxylation sites is 1. The van der Waals surface area contributed by atoms with E-state index in [4.69, 9.17) is 10.5 Å². The SMILES string of the molecule is CC(C)Oc1ccc(C#Cc2cccc3[nH]nc(N)c23)cc1C(=O)N[C@@H](CO)Cc1c[nH]c2ccccc12. The van der Waals surface area contributed by atoms with Crippen LogP contribution >= 0.6 is 0 Å². The van der Waals surface area contributed by atoms with E-state index in [0.717, 1.165) is 32.9 Å². The third-order valence-electron chi connectivity index (χ3n) is 6.24. The van der Waals surface area contributed by atoms with E-state index in [1.165, 1.54) is 0 Å². The second-order valence-electron chi connectivity index (χ2n) is 9.38. The Balaban J connectivity index is 1.42. The van der Waals surface area contributed by atoms with Crippen LogP contribution in [0, 0.1) is 11.8 Å². The van der Waals surface area contributed by atoms with Crippen molar-refractivity contribution in [3.05, 3.63) is 89.1 Å². The van der Waals surface area contributed by atoms with Crippen molar-refractivity contribution in [1.29, 1.82) is 0 Å². The monoisotopic (exact) mass is 507 g/mol. The van der Waals surface area contributed by atoms with E-state index in [0.29, 0.717) is 29.1 Å². The molecule has 0 saturated heterocycles. The zero-order valence-corrected chi connectivity index (χ0v) is 21.2. The van der Waals surface area contributed by atoms with Gasteiger partial charge in [0.1, 0.15) is 5.75 Å². The van der Waals surface area contributed by atoms with E-state index in [1.807, 2.05) is 68.6 Å². The number of carbonyl (C=O) groups excluding carboxylic acids is 1. The minimum atomic E-state index is -0.481. The molecular weight excluding hydrogens is 478 g/mol. The number of aliphatic hydroxyl groups excluding tert-OH is 1. The zero-order chi connectivity index (χ0) is 26.6. The van der Waals surface area contributed by atoms with Gasteiger partial charge in [-0.3, -0.25) is 9.89 Å². The van der Waals surface area contributed by atoms with E-state index in [-0.39, 0.29) is 18.6 Å². The molecule has 0 aliphatic rings. The number of carbonyl (C=O) groups is 1. The van der Waals surface area contributed by atoms with Crippen LogP contribution in [-0.2, 0) is 6.42 Å². The van der Waals surface area contributed by atoms with Gasteiger partial charge in [-0.25, -0.2) is 0 Å². The van der Waals surface area contributed by atoms with Crippen molar-refractivity contribution in [1.82, 2.24) is 20.5 Å². The van der Waals surface area contributed by atoms with Crippen LogP contribution in [0.15, 0.2) is 66.9 Å². The number of amides is 1. The molecule has 3 aromatic carbocycles. The summed E-state index contributed by atoms with van der Waals surface area (Å²) >= 11 is 0. The Morgan fingerprint density at radius 2 is 1.92 bits per heavy atom. The Hall–Kier alpha value is -4.74. The highest BCUT2D eigenvalue weighted by Crippen LogP contribution is 2.24. The topological polar surface area (TPSA) is 129 Å². The molecule has 0 fully saturated rings. The van der Waals surface area contributed by atoms with E-state index >= 15 is 0 Å². The number of hydrogen-bond donors (Lipinski definition) is 5. The van der Waals surface area contributed by atoms with E-state index in [1.54, 1.807) is 12.1 Å². The van der Waals surface area contributed by atoms with Gasteiger partial charge in [0.05, 0.1) is 35.2 Å². The van der Waals surface area contributed by atoms with Gasteiger partial charge in [-0.15, -0.1) is 0 Å². The first-order valence-corrected chi connectivity index (χ1v) is 12.4. The summed E-state index contributed by atoms with van der Waals surface area (Å²) in [5.41, 5.74) is 10.6. The van der Waals surface area contributed by atoms with Crippen molar-refractivity contribution < 1.29 is 14.6 Å². The van der Waals surface area contributed by atoms with Crippen LogP contribution in [0.5, 0.6) is 5.75 Å². The molecule has 38 heavy (non-hydrogen) atoms. The summed E-state index contributed by atoms with van der Waals surface area (Å²) in [5, 5.41) is 21.8. The summed E-state index contributed by atoms with van der Waals surface area (Å²) in [7, 11) is 0.